The predicted molar refractivity (Wildman–Crippen MR) is 43.2 cm³/mol. The zero-order chi connectivity index (χ0) is 9.90. The Balaban J connectivity index is 2.67. The van der Waals surface area contributed by atoms with E-state index in [1.807, 2.05) is 5.43 Å². The van der Waals surface area contributed by atoms with Gasteiger partial charge in [-0.3, -0.25) is 10.2 Å². The van der Waals surface area contributed by atoms with E-state index in [0.29, 0.717) is 12.8 Å². The van der Waals surface area contributed by atoms with Crippen LogP contribution >= 0.6 is 0 Å². The van der Waals surface area contributed by atoms with Crippen molar-refractivity contribution in [2.24, 2.45) is 5.84 Å². The minimum Gasteiger partial charge on any atom is -0.356 e. The zero-order valence-corrected chi connectivity index (χ0v) is 7.70. The molecule has 1 fully saturated rings. The second kappa shape index (κ2) is 4.01. The number of hydrogen-bond donors (Lipinski definition) is 2. The van der Waals surface area contributed by atoms with E-state index in [1.165, 1.54) is 14.2 Å². The maximum absolute atomic E-state index is 11.3. The van der Waals surface area contributed by atoms with Gasteiger partial charge in [-0.15, -0.1) is 0 Å². The van der Waals surface area contributed by atoms with Crippen molar-refractivity contribution in [2.75, 3.05) is 14.2 Å². The van der Waals surface area contributed by atoms with Gasteiger partial charge in [-0.2, -0.15) is 0 Å². The Labute approximate surface area is 76.3 Å². The van der Waals surface area contributed by atoms with Crippen LogP contribution in [0.15, 0.2) is 0 Å². The molecule has 13 heavy (non-hydrogen) atoms. The second-order valence-corrected chi connectivity index (χ2v) is 2.75. The van der Waals surface area contributed by atoms with Crippen molar-refractivity contribution in [1.82, 2.24) is 5.43 Å². The number of hydrazine groups is 1. The molecule has 2 atom stereocenters. The number of methoxy groups -OCH3 is 2. The molecule has 0 spiro atoms. The van der Waals surface area contributed by atoms with E-state index in [-0.39, 0.29) is 0 Å². The van der Waals surface area contributed by atoms with E-state index in [1.54, 1.807) is 0 Å². The molecule has 1 aliphatic rings. The number of nitrogens with two attached hydrogens (primary N) is 1. The summed E-state index contributed by atoms with van der Waals surface area (Å²) in [7, 11) is 2.91. The van der Waals surface area contributed by atoms with Crippen LogP contribution in [0.2, 0.25) is 0 Å². The Morgan fingerprint density at radius 3 is 2.77 bits per heavy atom. The second-order valence-electron chi connectivity index (χ2n) is 2.75. The number of hydrogen-bond acceptors (Lipinski definition) is 5. The molecule has 0 radical (unpaired) electrons. The maximum atomic E-state index is 11.3. The molecule has 0 aromatic rings. The van der Waals surface area contributed by atoms with Gasteiger partial charge in [-0.25, -0.2) is 5.84 Å². The molecule has 1 saturated heterocycles. The fourth-order valence-corrected chi connectivity index (χ4v) is 1.32. The average Bonchev–Trinajstić information content (AvgIpc) is 2.61. The van der Waals surface area contributed by atoms with Crippen LogP contribution in [0.25, 0.3) is 0 Å². The third-order valence-corrected chi connectivity index (χ3v) is 2.10. The molecule has 0 bridgehead atoms. The highest BCUT2D eigenvalue weighted by molar-refractivity contribution is 5.83. The quantitative estimate of drug-likeness (QED) is 0.342. The number of carbonyl (C=O) groups excluding carboxylic acids is 1. The van der Waals surface area contributed by atoms with Gasteiger partial charge in [0.25, 0.3) is 11.7 Å². The van der Waals surface area contributed by atoms with Gasteiger partial charge in [-0.05, 0) is 0 Å². The fourth-order valence-electron chi connectivity index (χ4n) is 1.32. The Bertz CT molecular complexity index is 199. The fraction of sp³-hybridized carbons (Fsp3) is 0.857. The lowest BCUT2D eigenvalue weighted by Crippen LogP contribution is -2.50. The summed E-state index contributed by atoms with van der Waals surface area (Å²) in [6.07, 6.45) is 0.639. The summed E-state index contributed by atoms with van der Waals surface area (Å²) in [5.74, 6) is 3.23. The highest BCUT2D eigenvalue weighted by atomic mass is 16.8. The molecule has 76 valence electrons. The number of rotatable bonds is 3. The summed E-state index contributed by atoms with van der Waals surface area (Å²) in [5.41, 5.74) is 2.00. The first kappa shape index (κ1) is 10.4. The monoisotopic (exact) mass is 190 g/mol. The molecular formula is C7H14N2O4. The lowest BCUT2D eigenvalue weighted by atomic mass is 10.2. The summed E-state index contributed by atoms with van der Waals surface area (Å²) in [6, 6.07) is 0. The molecule has 6 heteroatoms. The Kier molecular flexibility index (Phi) is 3.21. The Hall–Kier alpha value is -0.690. The average molecular weight is 190 g/mol. The molecule has 0 aliphatic carbocycles. The normalized spacial score (nSPS) is 33.3. The van der Waals surface area contributed by atoms with E-state index < -0.39 is 18.0 Å². The standard InChI is InChI=1S/C7H14N2O4/c1-11-5-3-4-7(12-2,13-5)6(10)9-8/h5H,3-4,8H2,1-2H3,(H,9,10). The van der Waals surface area contributed by atoms with Crippen molar-refractivity contribution >= 4 is 5.91 Å². The molecule has 1 amide bonds. The van der Waals surface area contributed by atoms with Gasteiger partial charge < -0.3 is 14.2 Å². The predicted octanol–water partition coefficient (Wildman–Crippen LogP) is -0.898. The van der Waals surface area contributed by atoms with Crippen molar-refractivity contribution < 1.29 is 19.0 Å². The van der Waals surface area contributed by atoms with Crippen molar-refractivity contribution in [3.63, 3.8) is 0 Å². The van der Waals surface area contributed by atoms with E-state index in [0.717, 1.165) is 0 Å². The molecular weight excluding hydrogens is 176 g/mol. The van der Waals surface area contributed by atoms with Crippen LogP contribution < -0.4 is 11.3 Å². The van der Waals surface area contributed by atoms with Gasteiger partial charge in [0.15, 0.2) is 6.29 Å². The molecule has 3 N–H and O–H groups in total. The smallest absolute Gasteiger partial charge is 0.294 e. The Morgan fingerprint density at radius 1 is 1.69 bits per heavy atom. The summed E-state index contributed by atoms with van der Waals surface area (Å²) in [4.78, 5) is 11.3. The SMILES string of the molecule is COC1CCC(OC)(C(=O)NN)O1. The van der Waals surface area contributed by atoms with Crippen LogP contribution in [0, 0.1) is 0 Å². The Morgan fingerprint density at radius 2 is 2.38 bits per heavy atom. The van der Waals surface area contributed by atoms with Gasteiger partial charge in [-0.1, -0.05) is 0 Å². The van der Waals surface area contributed by atoms with Crippen molar-refractivity contribution in [3.8, 4) is 0 Å². The van der Waals surface area contributed by atoms with Gasteiger partial charge >= 0.3 is 0 Å². The summed E-state index contributed by atoms with van der Waals surface area (Å²) in [5, 5.41) is 0. The minimum atomic E-state index is -1.28. The molecule has 1 rings (SSSR count). The van der Waals surface area contributed by atoms with Gasteiger partial charge in [0, 0.05) is 27.1 Å². The summed E-state index contributed by atoms with van der Waals surface area (Å²) < 4.78 is 15.2. The lowest BCUT2D eigenvalue weighted by Gasteiger charge is -2.24. The number of carbonyl (C=O) groups is 1. The third kappa shape index (κ3) is 1.80. The zero-order valence-electron chi connectivity index (χ0n) is 7.70. The minimum absolute atomic E-state index is 0.405. The molecule has 0 saturated carbocycles. The number of nitrogens with one attached hydrogen (secondary N) is 1. The van der Waals surface area contributed by atoms with Gasteiger partial charge in [0.1, 0.15) is 0 Å². The highest BCUT2D eigenvalue weighted by Crippen LogP contribution is 2.31. The first-order chi connectivity index (χ1) is 6.18. The maximum Gasteiger partial charge on any atom is 0.294 e. The van der Waals surface area contributed by atoms with Crippen molar-refractivity contribution in [1.29, 1.82) is 0 Å². The highest BCUT2D eigenvalue weighted by Gasteiger charge is 2.47. The first-order valence-electron chi connectivity index (χ1n) is 3.95. The molecule has 6 nitrogen and oxygen atoms in total. The third-order valence-electron chi connectivity index (χ3n) is 2.10. The summed E-state index contributed by atoms with van der Waals surface area (Å²) in [6.45, 7) is 0. The van der Waals surface area contributed by atoms with Crippen LogP contribution in [0.5, 0.6) is 0 Å². The first-order valence-corrected chi connectivity index (χ1v) is 3.95. The molecule has 0 aromatic heterocycles. The number of ether oxygens (including phenoxy) is 3. The van der Waals surface area contributed by atoms with Crippen LogP contribution in [0.3, 0.4) is 0 Å². The lowest BCUT2D eigenvalue weighted by molar-refractivity contribution is -0.247. The van der Waals surface area contributed by atoms with E-state index in [4.69, 9.17) is 20.1 Å². The van der Waals surface area contributed by atoms with Crippen LogP contribution in [0.4, 0.5) is 0 Å². The van der Waals surface area contributed by atoms with Gasteiger partial charge in [0.2, 0.25) is 0 Å². The van der Waals surface area contributed by atoms with Crippen molar-refractivity contribution in [2.45, 2.75) is 24.9 Å². The summed E-state index contributed by atoms with van der Waals surface area (Å²) >= 11 is 0. The van der Waals surface area contributed by atoms with Crippen LogP contribution in [-0.2, 0) is 19.0 Å². The molecule has 1 aliphatic heterocycles. The van der Waals surface area contributed by atoms with Crippen LogP contribution in [-0.4, -0.2) is 32.2 Å². The van der Waals surface area contributed by atoms with Crippen molar-refractivity contribution in [3.05, 3.63) is 0 Å². The molecule has 0 aromatic carbocycles. The molecule has 1 heterocycles. The van der Waals surface area contributed by atoms with E-state index in [2.05, 4.69) is 0 Å². The number of amides is 1. The van der Waals surface area contributed by atoms with E-state index in [9.17, 15) is 4.79 Å². The topological polar surface area (TPSA) is 82.8 Å². The van der Waals surface area contributed by atoms with Crippen LogP contribution in [0.1, 0.15) is 12.8 Å². The van der Waals surface area contributed by atoms with Gasteiger partial charge in [0.05, 0.1) is 0 Å². The molecule has 2 unspecified atom stereocenters. The largest absolute Gasteiger partial charge is 0.356 e. The van der Waals surface area contributed by atoms with E-state index >= 15 is 0 Å².